The van der Waals surface area contributed by atoms with Gasteiger partial charge in [-0.05, 0) is 28.1 Å². The van der Waals surface area contributed by atoms with Gasteiger partial charge in [-0.3, -0.25) is 0 Å². The smallest absolute Gasteiger partial charge is 0.143 e. The summed E-state index contributed by atoms with van der Waals surface area (Å²) in [6.07, 6.45) is 3.93. The Morgan fingerprint density at radius 3 is 3.31 bits per heavy atom. The Bertz CT molecular complexity index is 505. The van der Waals surface area contributed by atoms with Gasteiger partial charge in [0.05, 0.1) is 18.3 Å². The van der Waals surface area contributed by atoms with E-state index < -0.39 is 0 Å². The van der Waals surface area contributed by atoms with Crippen LogP contribution in [0.5, 0.6) is 0 Å². The lowest BCUT2D eigenvalue weighted by Gasteiger charge is -2.22. The van der Waals surface area contributed by atoms with Gasteiger partial charge in [-0.15, -0.1) is 0 Å². The highest BCUT2D eigenvalue weighted by molar-refractivity contribution is 9.10. The number of ether oxygens (including phenoxy) is 1. The van der Waals surface area contributed by atoms with Gasteiger partial charge in [0.15, 0.2) is 0 Å². The van der Waals surface area contributed by atoms with Crippen LogP contribution in [0, 0.1) is 0 Å². The molecule has 1 aliphatic rings. The molecule has 16 heavy (non-hydrogen) atoms. The second-order valence-corrected chi connectivity index (χ2v) is 4.65. The number of pyridine rings is 1. The van der Waals surface area contributed by atoms with Crippen LogP contribution in [0.25, 0.3) is 5.52 Å². The van der Waals surface area contributed by atoms with Gasteiger partial charge in [0.2, 0.25) is 0 Å². The van der Waals surface area contributed by atoms with Crippen molar-refractivity contribution in [1.82, 2.24) is 14.7 Å². The molecule has 1 unspecified atom stereocenters. The lowest BCUT2D eigenvalue weighted by atomic mass is 10.3. The maximum Gasteiger partial charge on any atom is 0.143 e. The monoisotopic (exact) mass is 281 g/mol. The van der Waals surface area contributed by atoms with E-state index in [1.54, 1.807) is 0 Å². The molecule has 1 N–H and O–H groups in total. The predicted molar refractivity (Wildman–Crippen MR) is 64.5 cm³/mol. The van der Waals surface area contributed by atoms with Crippen molar-refractivity contribution in [3.8, 4) is 0 Å². The molecule has 3 rings (SSSR count). The van der Waals surface area contributed by atoms with E-state index in [1.165, 1.54) is 0 Å². The molecule has 5 heteroatoms. The van der Waals surface area contributed by atoms with Crippen molar-refractivity contribution in [3.63, 3.8) is 0 Å². The van der Waals surface area contributed by atoms with Crippen LogP contribution in [0.3, 0.4) is 0 Å². The van der Waals surface area contributed by atoms with Gasteiger partial charge in [0.25, 0.3) is 0 Å². The third-order valence-electron chi connectivity index (χ3n) is 2.76. The fourth-order valence-corrected chi connectivity index (χ4v) is 2.42. The summed E-state index contributed by atoms with van der Waals surface area (Å²) in [6.45, 7) is 2.49. The first kappa shape index (κ1) is 10.3. The molecular formula is C11H12BrN3O. The van der Waals surface area contributed by atoms with E-state index in [9.17, 15) is 0 Å². The van der Waals surface area contributed by atoms with Crippen LogP contribution in [0.15, 0.2) is 29.0 Å². The zero-order valence-corrected chi connectivity index (χ0v) is 10.3. The SMILES string of the molecule is Brc1cccn2c(C3CNCCO3)ncc12. The second kappa shape index (κ2) is 4.16. The van der Waals surface area contributed by atoms with Crippen molar-refractivity contribution in [1.29, 1.82) is 0 Å². The maximum absolute atomic E-state index is 5.71. The zero-order chi connectivity index (χ0) is 11.0. The van der Waals surface area contributed by atoms with Gasteiger partial charge in [-0.25, -0.2) is 4.98 Å². The minimum absolute atomic E-state index is 0.0468. The second-order valence-electron chi connectivity index (χ2n) is 3.79. The summed E-state index contributed by atoms with van der Waals surface area (Å²) < 4.78 is 8.83. The Labute approximate surface area is 102 Å². The summed E-state index contributed by atoms with van der Waals surface area (Å²) in [4.78, 5) is 4.45. The minimum atomic E-state index is 0.0468. The molecule has 84 valence electrons. The normalized spacial score (nSPS) is 21.4. The lowest BCUT2D eigenvalue weighted by Crippen LogP contribution is -2.34. The number of fused-ring (bicyclic) bond motifs is 1. The number of rotatable bonds is 1. The molecule has 0 bridgehead atoms. The summed E-state index contributed by atoms with van der Waals surface area (Å²) in [5, 5.41) is 3.31. The highest BCUT2D eigenvalue weighted by Crippen LogP contribution is 2.23. The van der Waals surface area contributed by atoms with E-state index in [2.05, 4.69) is 30.6 Å². The molecule has 4 nitrogen and oxygen atoms in total. The molecule has 0 radical (unpaired) electrons. The van der Waals surface area contributed by atoms with Crippen molar-refractivity contribution in [2.45, 2.75) is 6.10 Å². The molecule has 0 aliphatic carbocycles. The number of morpholine rings is 1. The van der Waals surface area contributed by atoms with Crippen LogP contribution < -0.4 is 5.32 Å². The molecule has 0 spiro atoms. The van der Waals surface area contributed by atoms with E-state index in [0.717, 1.165) is 35.5 Å². The molecule has 1 fully saturated rings. The van der Waals surface area contributed by atoms with Crippen LogP contribution in [-0.2, 0) is 4.74 Å². The standard InChI is InChI=1S/C11H12BrN3O/c12-8-2-1-4-15-9(8)6-14-11(15)10-7-13-3-5-16-10/h1-2,4,6,10,13H,3,5,7H2. The van der Waals surface area contributed by atoms with E-state index in [1.807, 2.05) is 24.5 Å². The Morgan fingerprint density at radius 1 is 1.56 bits per heavy atom. The number of nitrogens with one attached hydrogen (secondary N) is 1. The van der Waals surface area contributed by atoms with Gasteiger partial charge in [0, 0.05) is 23.8 Å². The first-order chi connectivity index (χ1) is 7.86. The highest BCUT2D eigenvalue weighted by Gasteiger charge is 2.20. The number of hydrogen-bond acceptors (Lipinski definition) is 3. The summed E-state index contributed by atoms with van der Waals surface area (Å²) >= 11 is 3.52. The summed E-state index contributed by atoms with van der Waals surface area (Å²) in [7, 11) is 0. The first-order valence-corrected chi connectivity index (χ1v) is 6.09. The van der Waals surface area contributed by atoms with Crippen molar-refractivity contribution in [3.05, 3.63) is 34.8 Å². The van der Waals surface area contributed by atoms with Crippen molar-refractivity contribution < 1.29 is 4.74 Å². The zero-order valence-electron chi connectivity index (χ0n) is 8.69. The molecule has 1 saturated heterocycles. The quantitative estimate of drug-likeness (QED) is 0.866. The van der Waals surface area contributed by atoms with Gasteiger partial charge in [0.1, 0.15) is 11.9 Å². The Hall–Kier alpha value is -0.910. The fraction of sp³-hybridized carbons (Fsp3) is 0.364. The van der Waals surface area contributed by atoms with Gasteiger partial charge < -0.3 is 14.5 Å². The average molecular weight is 282 g/mol. The topological polar surface area (TPSA) is 38.6 Å². The van der Waals surface area contributed by atoms with Crippen LogP contribution in [-0.4, -0.2) is 29.1 Å². The molecule has 0 amide bonds. The van der Waals surface area contributed by atoms with Gasteiger partial charge in [-0.1, -0.05) is 0 Å². The molecule has 0 saturated carbocycles. The van der Waals surface area contributed by atoms with E-state index in [0.29, 0.717) is 0 Å². The fourth-order valence-electron chi connectivity index (χ4n) is 1.98. The Morgan fingerprint density at radius 2 is 2.50 bits per heavy atom. The van der Waals surface area contributed by atoms with Crippen LogP contribution in [0.2, 0.25) is 0 Å². The molecule has 3 heterocycles. The third-order valence-corrected chi connectivity index (χ3v) is 3.43. The lowest BCUT2D eigenvalue weighted by molar-refractivity contribution is 0.0218. The number of imidazole rings is 1. The molecule has 1 aliphatic heterocycles. The molecule has 1 atom stereocenters. The largest absolute Gasteiger partial charge is 0.368 e. The summed E-state index contributed by atoms with van der Waals surface area (Å²) in [5.74, 6) is 0.962. The van der Waals surface area contributed by atoms with Gasteiger partial charge >= 0.3 is 0 Å². The molecule has 2 aromatic rings. The molecule has 0 aromatic carbocycles. The van der Waals surface area contributed by atoms with E-state index in [-0.39, 0.29) is 6.10 Å². The Kier molecular flexibility index (Phi) is 2.67. The van der Waals surface area contributed by atoms with Crippen LogP contribution >= 0.6 is 15.9 Å². The van der Waals surface area contributed by atoms with Crippen molar-refractivity contribution in [2.24, 2.45) is 0 Å². The van der Waals surface area contributed by atoms with Crippen LogP contribution in [0.4, 0.5) is 0 Å². The maximum atomic E-state index is 5.71. The average Bonchev–Trinajstić information content (AvgIpc) is 2.75. The van der Waals surface area contributed by atoms with Crippen LogP contribution in [0.1, 0.15) is 11.9 Å². The third kappa shape index (κ3) is 1.65. The predicted octanol–water partition coefficient (Wildman–Crippen LogP) is 1.76. The number of halogens is 1. The van der Waals surface area contributed by atoms with Crippen molar-refractivity contribution in [2.75, 3.05) is 19.7 Å². The summed E-state index contributed by atoms with van der Waals surface area (Å²) in [6, 6.07) is 4.01. The number of aromatic nitrogens is 2. The Balaban J connectivity index is 2.06. The molecular weight excluding hydrogens is 270 g/mol. The van der Waals surface area contributed by atoms with Gasteiger partial charge in [-0.2, -0.15) is 0 Å². The minimum Gasteiger partial charge on any atom is -0.368 e. The van der Waals surface area contributed by atoms with Crippen molar-refractivity contribution >= 4 is 21.4 Å². The first-order valence-electron chi connectivity index (χ1n) is 5.30. The van der Waals surface area contributed by atoms with E-state index >= 15 is 0 Å². The molecule has 2 aromatic heterocycles. The highest BCUT2D eigenvalue weighted by atomic mass is 79.9. The van der Waals surface area contributed by atoms with E-state index in [4.69, 9.17) is 4.74 Å². The summed E-state index contributed by atoms with van der Waals surface area (Å²) in [5.41, 5.74) is 1.08. The number of nitrogens with zero attached hydrogens (tertiary/aromatic N) is 2. The number of hydrogen-bond donors (Lipinski definition) is 1.